The standard InChI is InChI=1S/C16H16N6/c1-10-3-2-4-11(7-10)5-6-22-15(19)12(8-17)13-14(18)20-9-21-16(13)22/h2-4,7,9H,5-6,19H2,1H3,(H2,18,20,21). The Morgan fingerprint density at radius 1 is 1.27 bits per heavy atom. The molecule has 0 amide bonds. The Morgan fingerprint density at radius 2 is 2.09 bits per heavy atom. The van der Waals surface area contributed by atoms with Crippen molar-refractivity contribution in [1.29, 1.82) is 5.26 Å². The highest BCUT2D eigenvalue weighted by Gasteiger charge is 2.18. The predicted octanol–water partition coefficient (Wildman–Crippen LogP) is 2.02. The maximum absolute atomic E-state index is 9.32. The van der Waals surface area contributed by atoms with Gasteiger partial charge in [-0.05, 0) is 18.9 Å². The van der Waals surface area contributed by atoms with E-state index >= 15 is 0 Å². The van der Waals surface area contributed by atoms with Gasteiger partial charge in [-0.1, -0.05) is 29.8 Å². The summed E-state index contributed by atoms with van der Waals surface area (Å²) in [5.41, 5.74) is 15.4. The Kier molecular flexibility index (Phi) is 3.39. The number of nitrogens with zero attached hydrogens (tertiary/aromatic N) is 4. The Balaban J connectivity index is 2.03. The van der Waals surface area contributed by atoms with Crippen LogP contribution in [0, 0.1) is 18.3 Å². The lowest BCUT2D eigenvalue weighted by atomic mass is 10.1. The summed E-state index contributed by atoms with van der Waals surface area (Å²) >= 11 is 0. The molecule has 0 bridgehead atoms. The number of nitriles is 1. The number of anilines is 2. The molecule has 3 rings (SSSR count). The summed E-state index contributed by atoms with van der Waals surface area (Å²) in [6.45, 7) is 2.69. The molecule has 0 atom stereocenters. The molecule has 0 unspecified atom stereocenters. The Hall–Kier alpha value is -3.07. The number of nitrogens with two attached hydrogens (primary N) is 2. The van der Waals surface area contributed by atoms with E-state index < -0.39 is 0 Å². The second-order valence-corrected chi connectivity index (χ2v) is 5.22. The molecule has 0 radical (unpaired) electrons. The summed E-state index contributed by atoms with van der Waals surface area (Å²) in [6, 6.07) is 10.4. The van der Waals surface area contributed by atoms with Crippen molar-refractivity contribution in [3.8, 4) is 6.07 Å². The molecule has 22 heavy (non-hydrogen) atoms. The summed E-state index contributed by atoms with van der Waals surface area (Å²) in [6.07, 6.45) is 2.19. The molecule has 4 N–H and O–H groups in total. The molecule has 0 saturated heterocycles. The first-order valence-electron chi connectivity index (χ1n) is 6.95. The van der Waals surface area contributed by atoms with E-state index in [-0.39, 0.29) is 5.82 Å². The summed E-state index contributed by atoms with van der Waals surface area (Å²) in [4.78, 5) is 8.19. The number of hydrogen-bond donors (Lipinski definition) is 2. The van der Waals surface area contributed by atoms with Crippen LogP contribution in [0.5, 0.6) is 0 Å². The molecule has 2 aromatic heterocycles. The molecule has 0 fully saturated rings. The number of aryl methyl sites for hydroxylation is 3. The highest BCUT2D eigenvalue weighted by molar-refractivity contribution is 5.96. The predicted molar refractivity (Wildman–Crippen MR) is 86.0 cm³/mol. The number of rotatable bonds is 3. The Bertz CT molecular complexity index is 888. The maximum atomic E-state index is 9.32. The van der Waals surface area contributed by atoms with Crippen LogP contribution >= 0.6 is 0 Å². The zero-order chi connectivity index (χ0) is 15.7. The van der Waals surface area contributed by atoms with Crippen LogP contribution in [-0.4, -0.2) is 14.5 Å². The average molecular weight is 292 g/mol. The van der Waals surface area contributed by atoms with Crippen LogP contribution in [0.3, 0.4) is 0 Å². The molecule has 0 aliphatic carbocycles. The largest absolute Gasteiger partial charge is 0.384 e. The van der Waals surface area contributed by atoms with Gasteiger partial charge in [-0.2, -0.15) is 5.26 Å². The number of hydrogen-bond acceptors (Lipinski definition) is 5. The molecule has 110 valence electrons. The molecule has 6 heteroatoms. The quantitative estimate of drug-likeness (QED) is 0.768. The van der Waals surface area contributed by atoms with Gasteiger partial charge < -0.3 is 16.0 Å². The highest BCUT2D eigenvalue weighted by Crippen LogP contribution is 2.29. The van der Waals surface area contributed by atoms with E-state index in [0.29, 0.717) is 29.0 Å². The van der Waals surface area contributed by atoms with Crippen molar-refractivity contribution in [1.82, 2.24) is 14.5 Å². The lowest BCUT2D eigenvalue weighted by Crippen LogP contribution is -2.06. The molecule has 0 spiro atoms. The Labute approximate surface area is 128 Å². The monoisotopic (exact) mass is 292 g/mol. The van der Waals surface area contributed by atoms with Crippen LogP contribution in [0.15, 0.2) is 30.6 Å². The number of benzene rings is 1. The first-order valence-corrected chi connectivity index (χ1v) is 6.95. The number of nitrogen functional groups attached to an aromatic ring is 2. The SMILES string of the molecule is Cc1cccc(CCn2c(N)c(C#N)c3c(N)ncnc32)c1. The van der Waals surface area contributed by atoms with Gasteiger partial charge in [-0.3, -0.25) is 0 Å². The number of fused-ring (bicyclic) bond motifs is 1. The van der Waals surface area contributed by atoms with Crippen molar-refractivity contribution < 1.29 is 0 Å². The minimum absolute atomic E-state index is 0.280. The fourth-order valence-corrected chi connectivity index (χ4v) is 2.66. The van der Waals surface area contributed by atoms with E-state index in [1.54, 1.807) is 0 Å². The van der Waals surface area contributed by atoms with Gasteiger partial charge in [0.25, 0.3) is 0 Å². The molecule has 0 saturated carbocycles. The number of aromatic nitrogens is 3. The van der Waals surface area contributed by atoms with Crippen molar-refractivity contribution in [3.05, 3.63) is 47.3 Å². The smallest absolute Gasteiger partial charge is 0.148 e. The van der Waals surface area contributed by atoms with E-state index in [0.717, 1.165) is 6.42 Å². The third-order valence-corrected chi connectivity index (χ3v) is 3.73. The van der Waals surface area contributed by atoms with E-state index in [1.165, 1.54) is 17.5 Å². The zero-order valence-electron chi connectivity index (χ0n) is 12.2. The summed E-state index contributed by atoms with van der Waals surface area (Å²) in [5, 5.41) is 9.86. The maximum Gasteiger partial charge on any atom is 0.148 e. The first-order chi connectivity index (χ1) is 10.6. The zero-order valence-corrected chi connectivity index (χ0v) is 12.2. The molecule has 1 aromatic carbocycles. The van der Waals surface area contributed by atoms with Crippen molar-refractivity contribution in [2.24, 2.45) is 0 Å². The van der Waals surface area contributed by atoms with Gasteiger partial charge in [0.15, 0.2) is 0 Å². The fraction of sp³-hybridized carbons (Fsp3) is 0.188. The van der Waals surface area contributed by atoms with Crippen LogP contribution < -0.4 is 11.5 Å². The molecule has 0 aliphatic heterocycles. The molecule has 6 nitrogen and oxygen atoms in total. The van der Waals surface area contributed by atoms with Gasteiger partial charge in [0.1, 0.15) is 35.2 Å². The average Bonchev–Trinajstić information content (AvgIpc) is 2.78. The van der Waals surface area contributed by atoms with Crippen LogP contribution in [0.25, 0.3) is 11.0 Å². The Morgan fingerprint density at radius 3 is 2.82 bits per heavy atom. The lowest BCUT2D eigenvalue weighted by molar-refractivity contribution is 0.723. The minimum atomic E-state index is 0.280. The van der Waals surface area contributed by atoms with Gasteiger partial charge >= 0.3 is 0 Å². The molecular weight excluding hydrogens is 276 g/mol. The minimum Gasteiger partial charge on any atom is -0.384 e. The van der Waals surface area contributed by atoms with Crippen molar-refractivity contribution in [2.75, 3.05) is 11.5 Å². The second-order valence-electron chi connectivity index (χ2n) is 5.22. The summed E-state index contributed by atoms with van der Waals surface area (Å²) in [5.74, 6) is 0.667. The van der Waals surface area contributed by atoms with Gasteiger partial charge in [0.2, 0.25) is 0 Å². The lowest BCUT2D eigenvalue weighted by Gasteiger charge is -2.08. The van der Waals surface area contributed by atoms with E-state index in [1.807, 2.05) is 10.6 Å². The second kappa shape index (κ2) is 5.37. The van der Waals surface area contributed by atoms with Crippen LogP contribution in [-0.2, 0) is 13.0 Å². The van der Waals surface area contributed by atoms with E-state index in [2.05, 4.69) is 41.2 Å². The third kappa shape index (κ3) is 2.23. The van der Waals surface area contributed by atoms with E-state index in [9.17, 15) is 5.26 Å². The first kappa shape index (κ1) is 13.9. The van der Waals surface area contributed by atoms with Crippen LogP contribution in [0.1, 0.15) is 16.7 Å². The molecular formula is C16H16N6. The van der Waals surface area contributed by atoms with E-state index in [4.69, 9.17) is 11.5 Å². The van der Waals surface area contributed by atoms with Crippen LogP contribution in [0.4, 0.5) is 11.6 Å². The third-order valence-electron chi connectivity index (χ3n) is 3.73. The fourth-order valence-electron chi connectivity index (χ4n) is 2.66. The topological polar surface area (TPSA) is 107 Å². The molecule has 0 aliphatic rings. The van der Waals surface area contributed by atoms with Crippen molar-refractivity contribution >= 4 is 22.7 Å². The molecule has 3 aromatic rings. The van der Waals surface area contributed by atoms with Gasteiger partial charge in [-0.15, -0.1) is 0 Å². The van der Waals surface area contributed by atoms with Crippen LogP contribution in [0.2, 0.25) is 0 Å². The normalized spacial score (nSPS) is 10.7. The van der Waals surface area contributed by atoms with Crippen molar-refractivity contribution in [3.63, 3.8) is 0 Å². The van der Waals surface area contributed by atoms with Gasteiger partial charge in [-0.25, -0.2) is 9.97 Å². The highest BCUT2D eigenvalue weighted by atomic mass is 15.1. The van der Waals surface area contributed by atoms with Crippen molar-refractivity contribution in [2.45, 2.75) is 19.9 Å². The van der Waals surface area contributed by atoms with Gasteiger partial charge in [0.05, 0.1) is 5.39 Å². The summed E-state index contributed by atoms with van der Waals surface area (Å²) in [7, 11) is 0. The van der Waals surface area contributed by atoms with Gasteiger partial charge in [0, 0.05) is 6.54 Å². The summed E-state index contributed by atoms with van der Waals surface area (Å²) < 4.78 is 1.83. The molecule has 2 heterocycles.